The number of esters is 1. The molecule has 0 spiro atoms. The molecular formula is C14H29N3O2. The smallest absolute Gasteiger partial charge is 0.323 e. The van der Waals surface area contributed by atoms with Crippen molar-refractivity contribution in [3.05, 3.63) is 0 Å². The Labute approximate surface area is 117 Å². The molecule has 5 nitrogen and oxygen atoms in total. The Morgan fingerprint density at radius 3 is 2.21 bits per heavy atom. The molecular weight excluding hydrogens is 242 g/mol. The Kier molecular flexibility index (Phi) is 8.02. The molecule has 1 unspecified atom stereocenters. The molecule has 0 saturated carbocycles. The second-order valence-electron chi connectivity index (χ2n) is 5.07. The number of nitrogens with zero attached hydrogens (tertiary/aromatic N) is 2. The highest BCUT2D eigenvalue weighted by Crippen LogP contribution is 2.05. The number of carbonyl (C=O) groups excluding carboxylic acids is 1. The van der Waals surface area contributed by atoms with Crippen LogP contribution in [0.4, 0.5) is 0 Å². The highest BCUT2D eigenvalue weighted by molar-refractivity contribution is 5.75. The lowest BCUT2D eigenvalue weighted by molar-refractivity contribution is -0.145. The molecule has 1 N–H and O–H groups in total. The Hall–Kier alpha value is -0.650. The molecule has 1 aliphatic rings. The fraction of sp³-hybridized carbons (Fsp3) is 0.929. The monoisotopic (exact) mass is 271 g/mol. The van der Waals surface area contributed by atoms with Crippen LogP contribution in [-0.4, -0.2) is 74.7 Å². The average Bonchev–Trinajstić information content (AvgIpc) is 2.42. The van der Waals surface area contributed by atoms with Crippen molar-refractivity contribution in [3.8, 4) is 0 Å². The summed E-state index contributed by atoms with van der Waals surface area (Å²) in [5, 5.41) is 3.04. The van der Waals surface area contributed by atoms with Gasteiger partial charge in [0.05, 0.1) is 6.61 Å². The normalized spacial score (nSPS) is 19.3. The first-order chi connectivity index (χ1) is 9.21. The van der Waals surface area contributed by atoms with E-state index >= 15 is 0 Å². The van der Waals surface area contributed by atoms with Crippen LogP contribution in [0.1, 0.15) is 26.7 Å². The SMILES string of the molecule is CCCN1CCN(CCC(NC)C(=O)OCC)CC1. The molecule has 0 amide bonds. The number of carbonyl (C=O) groups is 1. The third kappa shape index (κ3) is 5.89. The first-order valence-corrected chi connectivity index (χ1v) is 7.49. The standard InChI is InChI=1S/C14H29N3O2/c1-4-7-16-9-11-17(12-10-16)8-6-13(15-3)14(18)19-5-2/h13,15H,4-12H2,1-3H3. The first-order valence-electron chi connectivity index (χ1n) is 7.49. The van der Waals surface area contributed by atoms with E-state index in [1.165, 1.54) is 13.0 Å². The Bertz CT molecular complexity index is 253. The number of hydrogen-bond acceptors (Lipinski definition) is 5. The van der Waals surface area contributed by atoms with Crippen LogP contribution in [0.25, 0.3) is 0 Å². The second kappa shape index (κ2) is 9.28. The summed E-state index contributed by atoms with van der Waals surface area (Å²) in [6.07, 6.45) is 2.05. The van der Waals surface area contributed by atoms with Crippen LogP contribution in [0.3, 0.4) is 0 Å². The summed E-state index contributed by atoms with van der Waals surface area (Å²) in [7, 11) is 1.82. The lowest BCUT2D eigenvalue weighted by Crippen LogP contribution is -2.48. The van der Waals surface area contributed by atoms with Crippen LogP contribution in [-0.2, 0) is 9.53 Å². The zero-order valence-electron chi connectivity index (χ0n) is 12.7. The molecule has 1 fully saturated rings. The van der Waals surface area contributed by atoms with Crippen molar-refractivity contribution in [2.24, 2.45) is 0 Å². The van der Waals surface area contributed by atoms with Crippen molar-refractivity contribution < 1.29 is 9.53 Å². The Morgan fingerprint density at radius 1 is 1.16 bits per heavy atom. The van der Waals surface area contributed by atoms with Gasteiger partial charge >= 0.3 is 5.97 Å². The van der Waals surface area contributed by atoms with E-state index in [-0.39, 0.29) is 12.0 Å². The van der Waals surface area contributed by atoms with Crippen LogP contribution in [0.5, 0.6) is 0 Å². The van der Waals surface area contributed by atoms with E-state index in [2.05, 4.69) is 22.0 Å². The van der Waals surface area contributed by atoms with E-state index in [1.54, 1.807) is 0 Å². The van der Waals surface area contributed by atoms with Crippen molar-refractivity contribution in [3.63, 3.8) is 0 Å². The molecule has 1 aliphatic heterocycles. The van der Waals surface area contributed by atoms with Crippen molar-refractivity contribution in [2.75, 3.05) is 52.9 Å². The number of nitrogens with one attached hydrogen (secondary N) is 1. The van der Waals surface area contributed by atoms with Crippen molar-refractivity contribution in [1.82, 2.24) is 15.1 Å². The lowest BCUT2D eigenvalue weighted by atomic mass is 10.2. The predicted octanol–water partition coefficient (Wildman–Crippen LogP) is 0.555. The zero-order valence-corrected chi connectivity index (χ0v) is 12.7. The highest BCUT2D eigenvalue weighted by Gasteiger charge is 2.21. The van der Waals surface area contributed by atoms with Crippen LogP contribution in [0.2, 0.25) is 0 Å². The molecule has 0 radical (unpaired) electrons. The molecule has 1 atom stereocenters. The molecule has 0 aromatic heterocycles. The summed E-state index contributed by atoms with van der Waals surface area (Å²) in [6, 6.07) is -0.173. The summed E-state index contributed by atoms with van der Waals surface area (Å²) < 4.78 is 5.06. The quantitative estimate of drug-likeness (QED) is 0.653. The molecule has 0 aromatic carbocycles. The first kappa shape index (κ1) is 16.4. The molecule has 112 valence electrons. The maximum absolute atomic E-state index is 11.7. The van der Waals surface area contributed by atoms with E-state index < -0.39 is 0 Å². The zero-order chi connectivity index (χ0) is 14.1. The molecule has 1 rings (SSSR count). The summed E-state index contributed by atoms with van der Waals surface area (Å²) >= 11 is 0. The van der Waals surface area contributed by atoms with Crippen LogP contribution in [0.15, 0.2) is 0 Å². The van der Waals surface area contributed by atoms with Gasteiger partial charge in [0.15, 0.2) is 0 Å². The van der Waals surface area contributed by atoms with Gasteiger partial charge in [0, 0.05) is 32.7 Å². The molecule has 19 heavy (non-hydrogen) atoms. The molecule has 1 heterocycles. The number of hydrogen-bond donors (Lipinski definition) is 1. The van der Waals surface area contributed by atoms with E-state index in [0.717, 1.165) is 39.1 Å². The average molecular weight is 271 g/mol. The number of piperazine rings is 1. The van der Waals surface area contributed by atoms with Gasteiger partial charge in [0.1, 0.15) is 6.04 Å². The Balaban J connectivity index is 2.23. The number of ether oxygens (including phenoxy) is 1. The van der Waals surface area contributed by atoms with Gasteiger partial charge < -0.3 is 19.9 Å². The third-order valence-electron chi connectivity index (χ3n) is 3.66. The minimum absolute atomic E-state index is 0.130. The predicted molar refractivity (Wildman–Crippen MR) is 77.3 cm³/mol. The van der Waals surface area contributed by atoms with E-state index in [0.29, 0.717) is 6.61 Å². The highest BCUT2D eigenvalue weighted by atomic mass is 16.5. The molecule has 1 saturated heterocycles. The van der Waals surface area contributed by atoms with Crippen molar-refractivity contribution in [1.29, 1.82) is 0 Å². The van der Waals surface area contributed by atoms with Gasteiger partial charge in [-0.2, -0.15) is 0 Å². The van der Waals surface area contributed by atoms with Gasteiger partial charge in [0.25, 0.3) is 0 Å². The molecule has 0 aliphatic carbocycles. The van der Waals surface area contributed by atoms with Gasteiger partial charge in [-0.1, -0.05) is 6.92 Å². The maximum Gasteiger partial charge on any atom is 0.323 e. The van der Waals surface area contributed by atoms with Crippen LogP contribution in [0, 0.1) is 0 Å². The van der Waals surface area contributed by atoms with Crippen molar-refractivity contribution in [2.45, 2.75) is 32.7 Å². The van der Waals surface area contributed by atoms with Crippen LogP contribution >= 0.6 is 0 Å². The minimum Gasteiger partial charge on any atom is -0.465 e. The maximum atomic E-state index is 11.7. The lowest BCUT2D eigenvalue weighted by Gasteiger charge is -2.35. The summed E-state index contributed by atoms with van der Waals surface area (Å²) in [6.45, 7) is 11.2. The fourth-order valence-electron chi connectivity index (χ4n) is 2.49. The second-order valence-corrected chi connectivity index (χ2v) is 5.07. The number of rotatable bonds is 8. The molecule has 5 heteroatoms. The largest absolute Gasteiger partial charge is 0.465 e. The summed E-state index contributed by atoms with van der Waals surface area (Å²) in [4.78, 5) is 16.6. The van der Waals surface area contributed by atoms with Gasteiger partial charge in [-0.15, -0.1) is 0 Å². The Morgan fingerprint density at radius 2 is 1.74 bits per heavy atom. The van der Waals surface area contributed by atoms with Gasteiger partial charge in [-0.05, 0) is 33.4 Å². The third-order valence-corrected chi connectivity index (χ3v) is 3.66. The fourth-order valence-corrected chi connectivity index (χ4v) is 2.49. The van der Waals surface area contributed by atoms with Gasteiger partial charge in [-0.3, -0.25) is 4.79 Å². The van der Waals surface area contributed by atoms with Gasteiger partial charge in [-0.25, -0.2) is 0 Å². The topological polar surface area (TPSA) is 44.8 Å². The van der Waals surface area contributed by atoms with E-state index in [4.69, 9.17) is 4.74 Å². The van der Waals surface area contributed by atoms with E-state index in [1.807, 2.05) is 14.0 Å². The number of likely N-dealkylation sites (N-methyl/N-ethyl adjacent to an activating group) is 1. The van der Waals surface area contributed by atoms with Crippen LogP contribution < -0.4 is 5.32 Å². The molecule has 0 bridgehead atoms. The van der Waals surface area contributed by atoms with E-state index in [9.17, 15) is 4.79 Å². The van der Waals surface area contributed by atoms with Crippen molar-refractivity contribution >= 4 is 5.97 Å². The van der Waals surface area contributed by atoms with Gasteiger partial charge in [0.2, 0.25) is 0 Å². The minimum atomic E-state index is -0.173. The molecule has 0 aromatic rings. The summed E-state index contributed by atoms with van der Waals surface area (Å²) in [5.74, 6) is -0.130. The summed E-state index contributed by atoms with van der Waals surface area (Å²) in [5.41, 5.74) is 0.